The van der Waals surface area contributed by atoms with E-state index in [4.69, 9.17) is 10.5 Å². The topological polar surface area (TPSA) is 84.7 Å². The van der Waals surface area contributed by atoms with Gasteiger partial charge in [-0.15, -0.1) is 0 Å². The SMILES string of the molecule is CC(NC(=O)C1(N)CCC1)C(=O)N1CCOCC1. The number of rotatable bonds is 3. The summed E-state index contributed by atoms with van der Waals surface area (Å²) in [6.45, 7) is 4.01. The van der Waals surface area contributed by atoms with Crippen molar-refractivity contribution in [2.45, 2.75) is 37.8 Å². The molecule has 1 unspecified atom stereocenters. The smallest absolute Gasteiger partial charge is 0.245 e. The molecular formula is C12H21N3O3. The fourth-order valence-corrected chi connectivity index (χ4v) is 2.24. The summed E-state index contributed by atoms with van der Waals surface area (Å²) in [4.78, 5) is 25.7. The van der Waals surface area contributed by atoms with Crippen molar-refractivity contribution in [2.24, 2.45) is 5.73 Å². The molecule has 2 amide bonds. The average Bonchev–Trinajstić information content (AvgIpc) is 2.35. The van der Waals surface area contributed by atoms with E-state index < -0.39 is 11.6 Å². The lowest BCUT2D eigenvalue weighted by Crippen LogP contribution is -2.62. The third kappa shape index (κ3) is 2.64. The predicted octanol–water partition coefficient (Wildman–Crippen LogP) is -0.769. The molecule has 6 heteroatoms. The molecule has 1 atom stereocenters. The number of morpholine rings is 1. The second kappa shape index (κ2) is 5.24. The molecule has 18 heavy (non-hydrogen) atoms. The second-order valence-electron chi connectivity index (χ2n) is 5.14. The second-order valence-corrected chi connectivity index (χ2v) is 5.14. The van der Waals surface area contributed by atoms with Gasteiger partial charge in [0.1, 0.15) is 6.04 Å². The van der Waals surface area contributed by atoms with Gasteiger partial charge in [-0.1, -0.05) is 0 Å². The molecule has 0 aromatic rings. The number of nitrogens with zero attached hydrogens (tertiary/aromatic N) is 1. The Balaban J connectivity index is 1.84. The minimum Gasteiger partial charge on any atom is -0.378 e. The first kappa shape index (κ1) is 13.3. The monoisotopic (exact) mass is 255 g/mol. The molecule has 0 spiro atoms. The largest absolute Gasteiger partial charge is 0.378 e. The summed E-state index contributed by atoms with van der Waals surface area (Å²) >= 11 is 0. The number of ether oxygens (including phenoxy) is 1. The maximum absolute atomic E-state index is 12.1. The van der Waals surface area contributed by atoms with Crippen LogP contribution in [0.15, 0.2) is 0 Å². The van der Waals surface area contributed by atoms with Crippen LogP contribution in [-0.2, 0) is 14.3 Å². The zero-order valence-electron chi connectivity index (χ0n) is 10.8. The van der Waals surface area contributed by atoms with Crippen LogP contribution in [0.3, 0.4) is 0 Å². The number of carbonyl (C=O) groups is 2. The molecule has 2 fully saturated rings. The number of nitrogens with two attached hydrogens (primary N) is 1. The number of hydrogen-bond donors (Lipinski definition) is 2. The third-order valence-corrected chi connectivity index (χ3v) is 3.74. The molecule has 1 aliphatic heterocycles. The zero-order chi connectivity index (χ0) is 13.2. The van der Waals surface area contributed by atoms with Crippen LogP contribution in [0, 0.1) is 0 Å². The standard InChI is InChI=1S/C12H21N3O3/c1-9(10(16)15-5-7-18-8-6-15)14-11(17)12(13)3-2-4-12/h9H,2-8,13H2,1H3,(H,14,17). The van der Waals surface area contributed by atoms with Gasteiger partial charge in [0.05, 0.1) is 18.8 Å². The summed E-state index contributed by atoms with van der Waals surface area (Å²) in [6.07, 6.45) is 2.39. The summed E-state index contributed by atoms with van der Waals surface area (Å²) in [5, 5.41) is 2.72. The van der Waals surface area contributed by atoms with Crippen molar-refractivity contribution >= 4 is 11.8 Å². The van der Waals surface area contributed by atoms with E-state index in [1.54, 1.807) is 11.8 Å². The molecule has 1 saturated carbocycles. The van der Waals surface area contributed by atoms with Gasteiger partial charge in [-0.3, -0.25) is 9.59 Å². The highest BCUT2D eigenvalue weighted by Crippen LogP contribution is 2.29. The summed E-state index contributed by atoms with van der Waals surface area (Å²) in [7, 11) is 0. The van der Waals surface area contributed by atoms with Crippen LogP contribution in [0.4, 0.5) is 0 Å². The molecule has 102 valence electrons. The van der Waals surface area contributed by atoms with E-state index in [1.165, 1.54) is 0 Å². The van der Waals surface area contributed by atoms with Gasteiger partial charge < -0.3 is 20.7 Å². The van der Waals surface area contributed by atoms with Gasteiger partial charge in [0.25, 0.3) is 0 Å². The van der Waals surface area contributed by atoms with Crippen LogP contribution in [0.1, 0.15) is 26.2 Å². The van der Waals surface area contributed by atoms with E-state index in [0.717, 1.165) is 6.42 Å². The number of hydrogen-bond acceptors (Lipinski definition) is 4. The summed E-state index contributed by atoms with van der Waals surface area (Å²) in [5.41, 5.74) is 5.17. The van der Waals surface area contributed by atoms with Crippen LogP contribution in [0.2, 0.25) is 0 Å². The van der Waals surface area contributed by atoms with Gasteiger partial charge in [0.15, 0.2) is 0 Å². The first-order valence-electron chi connectivity index (χ1n) is 6.49. The highest BCUT2D eigenvalue weighted by molar-refractivity contribution is 5.92. The van der Waals surface area contributed by atoms with Gasteiger partial charge >= 0.3 is 0 Å². The Labute approximate surface area is 107 Å². The van der Waals surface area contributed by atoms with Crippen molar-refractivity contribution in [1.82, 2.24) is 10.2 Å². The quantitative estimate of drug-likeness (QED) is 0.693. The van der Waals surface area contributed by atoms with Gasteiger partial charge in [-0.25, -0.2) is 0 Å². The molecule has 1 aliphatic carbocycles. The van der Waals surface area contributed by atoms with Crippen molar-refractivity contribution in [2.75, 3.05) is 26.3 Å². The van der Waals surface area contributed by atoms with E-state index in [0.29, 0.717) is 39.1 Å². The Morgan fingerprint density at radius 2 is 1.94 bits per heavy atom. The number of carbonyl (C=O) groups excluding carboxylic acids is 2. The normalized spacial score (nSPS) is 24.0. The lowest BCUT2D eigenvalue weighted by atomic mass is 9.77. The summed E-state index contributed by atoms with van der Waals surface area (Å²) in [6, 6.07) is -0.517. The van der Waals surface area contributed by atoms with E-state index >= 15 is 0 Å². The molecule has 0 aromatic carbocycles. The summed E-state index contributed by atoms with van der Waals surface area (Å²) < 4.78 is 5.19. The van der Waals surface area contributed by atoms with Crippen molar-refractivity contribution < 1.29 is 14.3 Å². The van der Waals surface area contributed by atoms with E-state index in [-0.39, 0.29) is 11.8 Å². The number of amides is 2. The molecule has 3 N–H and O–H groups in total. The lowest BCUT2D eigenvalue weighted by Gasteiger charge is -2.37. The highest BCUT2D eigenvalue weighted by Gasteiger charge is 2.41. The van der Waals surface area contributed by atoms with Crippen LogP contribution in [-0.4, -0.2) is 54.6 Å². The van der Waals surface area contributed by atoms with Gasteiger partial charge in [0.2, 0.25) is 11.8 Å². The predicted molar refractivity (Wildman–Crippen MR) is 65.8 cm³/mol. The van der Waals surface area contributed by atoms with E-state index in [1.807, 2.05) is 0 Å². The minimum atomic E-state index is -0.750. The van der Waals surface area contributed by atoms with Gasteiger partial charge in [0, 0.05) is 13.1 Å². The summed E-state index contributed by atoms with van der Waals surface area (Å²) in [5.74, 6) is -0.266. The van der Waals surface area contributed by atoms with Crippen LogP contribution >= 0.6 is 0 Å². The van der Waals surface area contributed by atoms with Crippen LogP contribution in [0.25, 0.3) is 0 Å². The molecule has 1 heterocycles. The zero-order valence-corrected chi connectivity index (χ0v) is 10.8. The highest BCUT2D eigenvalue weighted by atomic mass is 16.5. The molecule has 0 aromatic heterocycles. The van der Waals surface area contributed by atoms with E-state index in [2.05, 4.69) is 5.32 Å². The molecular weight excluding hydrogens is 234 g/mol. The molecule has 0 bridgehead atoms. The Morgan fingerprint density at radius 3 is 2.44 bits per heavy atom. The van der Waals surface area contributed by atoms with Gasteiger partial charge in [-0.2, -0.15) is 0 Å². The van der Waals surface area contributed by atoms with Crippen molar-refractivity contribution in [3.8, 4) is 0 Å². The maximum atomic E-state index is 12.1. The molecule has 1 saturated heterocycles. The Bertz CT molecular complexity index is 335. The fourth-order valence-electron chi connectivity index (χ4n) is 2.24. The Hall–Kier alpha value is -1.14. The molecule has 6 nitrogen and oxygen atoms in total. The lowest BCUT2D eigenvalue weighted by molar-refractivity contribution is -0.141. The third-order valence-electron chi connectivity index (χ3n) is 3.74. The molecule has 0 radical (unpaired) electrons. The first-order chi connectivity index (χ1) is 8.53. The van der Waals surface area contributed by atoms with Crippen molar-refractivity contribution in [3.05, 3.63) is 0 Å². The fraction of sp³-hybridized carbons (Fsp3) is 0.833. The number of nitrogens with one attached hydrogen (secondary N) is 1. The molecule has 2 aliphatic rings. The Morgan fingerprint density at radius 1 is 1.33 bits per heavy atom. The van der Waals surface area contributed by atoms with Crippen molar-refractivity contribution in [3.63, 3.8) is 0 Å². The van der Waals surface area contributed by atoms with Crippen molar-refractivity contribution in [1.29, 1.82) is 0 Å². The van der Waals surface area contributed by atoms with Crippen LogP contribution < -0.4 is 11.1 Å². The van der Waals surface area contributed by atoms with E-state index in [9.17, 15) is 9.59 Å². The Kier molecular flexibility index (Phi) is 3.87. The minimum absolute atomic E-state index is 0.0606. The van der Waals surface area contributed by atoms with Crippen LogP contribution in [0.5, 0.6) is 0 Å². The first-order valence-corrected chi connectivity index (χ1v) is 6.49. The van der Waals surface area contributed by atoms with Gasteiger partial charge in [-0.05, 0) is 26.2 Å². The average molecular weight is 255 g/mol. The molecule has 2 rings (SSSR count). The maximum Gasteiger partial charge on any atom is 0.245 e.